The monoisotopic (exact) mass is 492 g/mol. The van der Waals surface area contributed by atoms with Crippen molar-refractivity contribution in [2.75, 3.05) is 0 Å². The van der Waals surface area contributed by atoms with Crippen LogP contribution in [0.3, 0.4) is 0 Å². The third kappa shape index (κ3) is 3.77. The highest BCUT2D eigenvalue weighted by Gasteiger charge is 2.50. The normalized spacial score (nSPS) is 13.8. The van der Waals surface area contributed by atoms with Gasteiger partial charge in [0.1, 0.15) is 11.5 Å². The minimum absolute atomic E-state index is 0.00355. The highest BCUT2D eigenvalue weighted by molar-refractivity contribution is 7.87. The summed E-state index contributed by atoms with van der Waals surface area (Å²) in [6.07, 6.45) is 0. The summed E-state index contributed by atoms with van der Waals surface area (Å²) in [4.78, 5) is 0. The molecule has 0 fully saturated rings. The summed E-state index contributed by atoms with van der Waals surface area (Å²) in [6.45, 7) is 0. The maximum atomic E-state index is 12.9. The van der Waals surface area contributed by atoms with Gasteiger partial charge in [-0.2, -0.15) is 8.42 Å². The lowest BCUT2D eigenvalue weighted by atomic mass is 9.83. The van der Waals surface area contributed by atoms with E-state index in [2.05, 4.69) is 0 Å². The van der Waals surface area contributed by atoms with E-state index in [0.717, 1.165) is 6.07 Å². The Kier molecular flexibility index (Phi) is 5.98. The van der Waals surface area contributed by atoms with Gasteiger partial charge < -0.3 is 10.2 Å². The number of aromatic hydroxyl groups is 2. The van der Waals surface area contributed by atoms with Gasteiger partial charge in [-0.15, -0.1) is 0 Å². The van der Waals surface area contributed by atoms with Crippen LogP contribution in [0.2, 0.25) is 20.1 Å². The Morgan fingerprint density at radius 2 is 1.21 bits per heavy atom. The molecule has 0 amide bonds. The van der Waals surface area contributed by atoms with E-state index in [1.165, 1.54) is 48.5 Å². The largest absolute Gasteiger partial charge is 0.508 e. The van der Waals surface area contributed by atoms with Gasteiger partial charge in [0, 0.05) is 10.6 Å². The van der Waals surface area contributed by atoms with Crippen LogP contribution >= 0.6 is 46.4 Å². The van der Waals surface area contributed by atoms with E-state index in [4.69, 9.17) is 46.4 Å². The van der Waals surface area contributed by atoms with Gasteiger partial charge in [0.25, 0.3) is 10.1 Å². The van der Waals surface area contributed by atoms with Gasteiger partial charge in [0.2, 0.25) is 0 Å². The summed E-state index contributed by atoms with van der Waals surface area (Å²) in [5, 5.41) is 19.1. The molecule has 29 heavy (non-hydrogen) atoms. The Balaban J connectivity index is 2.56. The van der Waals surface area contributed by atoms with E-state index in [-0.39, 0.29) is 48.3 Å². The second kappa shape index (κ2) is 7.87. The number of phenols is 2. The minimum atomic E-state index is -4.99. The molecule has 0 aromatic heterocycles. The quantitative estimate of drug-likeness (QED) is 0.239. The van der Waals surface area contributed by atoms with Gasteiger partial charge in [0.05, 0.1) is 15.1 Å². The second-order valence-electron chi connectivity index (χ2n) is 6.12. The Morgan fingerprint density at radius 1 is 0.690 bits per heavy atom. The zero-order chi connectivity index (χ0) is 21.6. The lowest BCUT2D eigenvalue weighted by Gasteiger charge is -2.33. The molecule has 10 heteroatoms. The number of phenolic OH excluding ortho intramolecular Hbond substituents is 2. The van der Waals surface area contributed by atoms with Gasteiger partial charge in [-0.05, 0) is 47.5 Å². The first-order chi connectivity index (χ1) is 13.5. The van der Waals surface area contributed by atoms with Crippen LogP contribution < -0.4 is 0 Å². The van der Waals surface area contributed by atoms with E-state index < -0.39 is 14.9 Å². The van der Waals surface area contributed by atoms with Gasteiger partial charge in [0.15, 0.2) is 4.75 Å². The van der Waals surface area contributed by atoms with Crippen molar-refractivity contribution in [2.45, 2.75) is 4.75 Å². The Bertz CT molecular complexity index is 1170. The third-order valence-corrected chi connectivity index (χ3v) is 7.36. The minimum Gasteiger partial charge on any atom is -0.508 e. The Hall–Kier alpha value is -1.67. The standard InChI is InChI=1S/C19H12Cl4O5S/c20-15-9-13(25)5-6-14(15)19(29(26,27)28,10-1-3-12(24)4-2-10)11-7-16(21)18(23)17(22)8-11/h1-9,24-25H,(H,26,27,28). The maximum Gasteiger partial charge on any atom is 0.283 e. The number of benzene rings is 3. The summed E-state index contributed by atoms with van der Waals surface area (Å²) in [6, 6.07) is 11.2. The van der Waals surface area contributed by atoms with Gasteiger partial charge in [-0.25, -0.2) is 0 Å². The fourth-order valence-corrected chi connectivity index (χ4v) is 5.43. The van der Waals surface area contributed by atoms with Gasteiger partial charge in [-0.1, -0.05) is 64.6 Å². The molecule has 0 heterocycles. The molecule has 0 aliphatic heterocycles. The van der Waals surface area contributed by atoms with Crippen molar-refractivity contribution in [1.82, 2.24) is 0 Å². The smallest absolute Gasteiger partial charge is 0.283 e. The van der Waals surface area contributed by atoms with Crippen molar-refractivity contribution in [3.8, 4) is 11.5 Å². The van der Waals surface area contributed by atoms with E-state index in [1.807, 2.05) is 0 Å². The summed E-state index contributed by atoms with van der Waals surface area (Å²) in [7, 11) is -4.99. The number of rotatable bonds is 4. The van der Waals surface area contributed by atoms with Crippen LogP contribution in [0, 0.1) is 0 Å². The number of halogens is 4. The molecule has 0 saturated heterocycles. The molecule has 0 aliphatic rings. The number of hydrogen-bond acceptors (Lipinski definition) is 4. The van der Waals surface area contributed by atoms with E-state index in [0.29, 0.717) is 0 Å². The molecule has 1 atom stereocenters. The molecular formula is C19H12Cl4O5S. The fourth-order valence-electron chi connectivity index (χ4n) is 3.16. The predicted octanol–water partition coefficient (Wildman–Crippen LogP) is 5.89. The molecule has 0 bridgehead atoms. The van der Waals surface area contributed by atoms with Crippen molar-refractivity contribution in [3.63, 3.8) is 0 Å². The highest BCUT2D eigenvalue weighted by Crippen LogP contribution is 2.49. The first kappa shape index (κ1) is 22.0. The van der Waals surface area contributed by atoms with Crippen LogP contribution in [0.15, 0.2) is 54.6 Å². The zero-order valence-corrected chi connectivity index (χ0v) is 18.1. The lowest BCUT2D eigenvalue weighted by Crippen LogP contribution is -2.38. The molecule has 0 saturated carbocycles. The third-order valence-electron chi connectivity index (χ3n) is 4.38. The van der Waals surface area contributed by atoms with Crippen molar-refractivity contribution in [3.05, 3.63) is 91.4 Å². The molecule has 0 spiro atoms. The molecule has 5 nitrogen and oxygen atoms in total. The molecule has 152 valence electrons. The van der Waals surface area contributed by atoms with Crippen molar-refractivity contribution in [1.29, 1.82) is 0 Å². The maximum absolute atomic E-state index is 12.9. The van der Waals surface area contributed by atoms with E-state index >= 15 is 0 Å². The summed E-state index contributed by atoms with van der Waals surface area (Å²) in [5.41, 5.74) is -0.0721. The van der Waals surface area contributed by atoms with E-state index in [9.17, 15) is 23.2 Å². The molecule has 3 aromatic carbocycles. The zero-order valence-electron chi connectivity index (χ0n) is 14.3. The summed E-state index contributed by atoms with van der Waals surface area (Å²) >= 11 is 24.6. The summed E-state index contributed by atoms with van der Waals surface area (Å²) < 4.78 is 34.1. The van der Waals surface area contributed by atoms with Crippen LogP contribution in [0.1, 0.15) is 16.7 Å². The number of hydrogen-bond donors (Lipinski definition) is 3. The highest BCUT2D eigenvalue weighted by atomic mass is 35.5. The van der Waals surface area contributed by atoms with Crippen molar-refractivity contribution < 1.29 is 23.2 Å². The molecular weight excluding hydrogens is 482 g/mol. The fraction of sp³-hybridized carbons (Fsp3) is 0.0526. The van der Waals surface area contributed by atoms with Crippen LogP contribution in [0.4, 0.5) is 0 Å². The average molecular weight is 494 g/mol. The summed E-state index contributed by atoms with van der Waals surface area (Å²) in [5.74, 6) is -0.331. The molecule has 3 aromatic rings. The Morgan fingerprint density at radius 3 is 1.69 bits per heavy atom. The van der Waals surface area contributed by atoms with Crippen molar-refractivity contribution in [2.24, 2.45) is 0 Å². The first-order valence-electron chi connectivity index (χ1n) is 7.89. The van der Waals surface area contributed by atoms with Crippen LogP contribution in [-0.4, -0.2) is 23.2 Å². The van der Waals surface area contributed by atoms with Crippen LogP contribution in [0.25, 0.3) is 0 Å². The second-order valence-corrected chi connectivity index (χ2v) is 9.28. The van der Waals surface area contributed by atoms with Gasteiger partial charge >= 0.3 is 0 Å². The average Bonchev–Trinajstić information content (AvgIpc) is 2.62. The van der Waals surface area contributed by atoms with Gasteiger partial charge in [-0.3, -0.25) is 4.55 Å². The van der Waals surface area contributed by atoms with Crippen LogP contribution in [0.5, 0.6) is 11.5 Å². The first-order valence-corrected chi connectivity index (χ1v) is 10.8. The molecule has 3 rings (SSSR count). The van der Waals surface area contributed by atoms with E-state index in [1.54, 1.807) is 0 Å². The van der Waals surface area contributed by atoms with Crippen molar-refractivity contribution >= 4 is 56.5 Å². The molecule has 3 N–H and O–H groups in total. The molecule has 0 aliphatic carbocycles. The SMILES string of the molecule is O=S(=O)(O)C(c1ccc(O)cc1)(c1cc(Cl)c(Cl)c(Cl)c1)c1ccc(O)cc1Cl. The topological polar surface area (TPSA) is 94.8 Å². The Labute approximate surface area is 186 Å². The molecule has 0 radical (unpaired) electrons. The van der Waals surface area contributed by atoms with Crippen LogP contribution in [-0.2, 0) is 14.9 Å². The predicted molar refractivity (Wildman–Crippen MR) is 114 cm³/mol. The lowest BCUT2D eigenvalue weighted by molar-refractivity contribution is 0.456. The molecule has 1 unspecified atom stereocenters.